The smallest absolute Gasteiger partial charge is 0.0891 e. The largest absolute Gasteiger partial charge is 0.379 e. The Hall–Kier alpha value is -1.62. The molecule has 1 aliphatic carbocycles. The van der Waals surface area contributed by atoms with Gasteiger partial charge in [0, 0.05) is 12.7 Å². The van der Waals surface area contributed by atoms with E-state index in [1.807, 2.05) is 12.3 Å². The van der Waals surface area contributed by atoms with Crippen LogP contribution in [0.5, 0.6) is 0 Å². The van der Waals surface area contributed by atoms with Crippen LogP contribution >= 0.6 is 11.6 Å². The van der Waals surface area contributed by atoms with Gasteiger partial charge in [-0.25, -0.2) is 0 Å². The first-order chi connectivity index (χ1) is 13.3. The predicted molar refractivity (Wildman–Crippen MR) is 110 cm³/mol. The lowest BCUT2D eigenvalue weighted by Gasteiger charge is -2.16. The average Bonchev–Trinajstić information content (AvgIpc) is 3.10. The van der Waals surface area contributed by atoms with Gasteiger partial charge in [-0.05, 0) is 67.6 Å². The Balaban J connectivity index is 1.37. The molecule has 2 N–H and O–H groups in total. The van der Waals surface area contributed by atoms with Crippen molar-refractivity contribution < 1.29 is 4.74 Å². The first kappa shape index (κ1) is 18.7. The first-order valence-corrected chi connectivity index (χ1v) is 10.5. The second-order valence-electron chi connectivity index (χ2n) is 7.54. The quantitative estimate of drug-likeness (QED) is 0.768. The molecule has 4 nitrogen and oxygen atoms in total. The van der Waals surface area contributed by atoms with Crippen LogP contribution < -0.4 is 10.6 Å². The Morgan fingerprint density at radius 2 is 1.96 bits per heavy atom. The van der Waals surface area contributed by atoms with E-state index in [1.54, 1.807) is 0 Å². The number of nitrogens with one attached hydrogen (secondary N) is 2. The van der Waals surface area contributed by atoms with Gasteiger partial charge in [0.05, 0.1) is 29.1 Å². The second kappa shape index (κ2) is 9.05. The molecule has 0 saturated heterocycles. The summed E-state index contributed by atoms with van der Waals surface area (Å²) in [6.45, 7) is 3.37. The molecule has 1 saturated carbocycles. The van der Waals surface area contributed by atoms with Crippen LogP contribution in [0.1, 0.15) is 48.1 Å². The summed E-state index contributed by atoms with van der Waals surface area (Å²) in [5.74, 6) is 0. The molecule has 1 fully saturated rings. The summed E-state index contributed by atoms with van der Waals surface area (Å²) >= 11 is 6.49. The van der Waals surface area contributed by atoms with Crippen LogP contribution in [0.25, 0.3) is 0 Å². The summed E-state index contributed by atoms with van der Waals surface area (Å²) in [4.78, 5) is 4.57. The molecular formula is C22H28ClN3O. The number of anilines is 1. The molecule has 0 spiro atoms. The molecule has 27 heavy (non-hydrogen) atoms. The Kier molecular flexibility index (Phi) is 6.28. The van der Waals surface area contributed by atoms with E-state index in [0.29, 0.717) is 12.7 Å². The molecule has 0 radical (unpaired) electrons. The Morgan fingerprint density at radius 1 is 1.11 bits per heavy atom. The number of pyridine rings is 1. The maximum atomic E-state index is 6.49. The van der Waals surface area contributed by atoms with Crippen LogP contribution in [0.3, 0.4) is 0 Å². The third-order valence-electron chi connectivity index (χ3n) is 5.61. The summed E-state index contributed by atoms with van der Waals surface area (Å²) < 4.78 is 5.95. The molecule has 1 aliphatic heterocycles. The molecule has 2 heterocycles. The minimum atomic E-state index is 0.429. The molecule has 1 aromatic carbocycles. The summed E-state index contributed by atoms with van der Waals surface area (Å²) in [5.41, 5.74) is 5.97. The van der Waals surface area contributed by atoms with E-state index in [1.165, 1.54) is 36.8 Å². The molecule has 144 valence electrons. The number of aromatic nitrogens is 1. The van der Waals surface area contributed by atoms with Crippen molar-refractivity contribution in [1.29, 1.82) is 0 Å². The van der Waals surface area contributed by atoms with E-state index in [9.17, 15) is 0 Å². The van der Waals surface area contributed by atoms with Crippen LogP contribution in [0, 0.1) is 0 Å². The number of fused-ring (bicyclic) bond motifs is 1. The zero-order chi connectivity index (χ0) is 18.5. The van der Waals surface area contributed by atoms with E-state index in [2.05, 4.69) is 33.8 Å². The van der Waals surface area contributed by atoms with E-state index in [-0.39, 0.29) is 0 Å². The highest BCUT2D eigenvalue weighted by Gasteiger charge is 2.16. The van der Waals surface area contributed by atoms with Gasteiger partial charge in [-0.2, -0.15) is 0 Å². The van der Waals surface area contributed by atoms with Gasteiger partial charge in [0.25, 0.3) is 0 Å². The number of nitrogens with zero attached hydrogens (tertiary/aromatic N) is 1. The van der Waals surface area contributed by atoms with Crippen molar-refractivity contribution in [2.75, 3.05) is 18.4 Å². The molecule has 1 aromatic heterocycles. The van der Waals surface area contributed by atoms with Gasteiger partial charge in [-0.1, -0.05) is 36.6 Å². The fraction of sp³-hybridized carbons (Fsp3) is 0.500. The predicted octanol–water partition coefficient (Wildman–Crippen LogP) is 4.49. The van der Waals surface area contributed by atoms with Crippen LogP contribution in [0.4, 0.5) is 5.69 Å². The Bertz CT molecular complexity index is 757. The zero-order valence-electron chi connectivity index (χ0n) is 15.8. The van der Waals surface area contributed by atoms with Crippen molar-refractivity contribution >= 4 is 17.3 Å². The standard InChI is InChI=1S/C22H28ClN3O/c23-21-8-6-17-9-11-24-12-10-20(17)22(21)26-14-16-5-7-18(25-13-16)15-27-19-3-1-2-4-19/h5-8,13,19,24,26H,1-4,9-12,14-15H2. The van der Waals surface area contributed by atoms with E-state index < -0.39 is 0 Å². The van der Waals surface area contributed by atoms with E-state index >= 15 is 0 Å². The number of rotatable bonds is 6. The summed E-state index contributed by atoms with van der Waals surface area (Å²) in [5, 5.41) is 7.81. The molecular weight excluding hydrogens is 358 g/mol. The number of hydrogen-bond acceptors (Lipinski definition) is 4. The van der Waals surface area contributed by atoms with Crippen molar-refractivity contribution in [1.82, 2.24) is 10.3 Å². The SMILES string of the molecule is Clc1ccc2c(c1NCc1ccc(COC3CCCC3)nc1)CCNCC2. The first-order valence-electron chi connectivity index (χ1n) is 10.1. The van der Waals surface area contributed by atoms with Crippen LogP contribution in [-0.2, 0) is 30.7 Å². The fourth-order valence-electron chi connectivity index (χ4n) is 4.03. The Labute approximate surface area is 166 Å². The van der Waals surface area contributed by atoms with Crippen molar-refractivity contribution in [3.63, 3.8) is 0 Å². The topological polar surface area (TPSA) is 46.2 Å². The van der Waals surface area contributed by atoms with Gasteiger partial charge >= 0.3 is 0 Å². The maximum absolute atomic E-state index is 6.49. The number of hydrogen-bond donors (Lipinski definition) is 2. The maximum Gasteiger partial charge on any atom is 0.0891 e. The van der Waals surface area contributed by atoms with E-state index in [0.717, 1.165) is 54.4 Å². The average molecular weight is 386 g/mol. The minimum Gasteiger partial charge on any atom is -0.379 e. The number of benzene rings is 1. The van der Waals surface area contributed by atoms with Gasteiger partial charge in [0.15, 0.2) is 0 Å². The zero-order valence-corrected chi connectivity index (χ0v) is 16.5. The monoisotopic (exact) mass is 385 g/mol. The molecule has 2 aliphatic rings. The third kappa shape index (κ3) is 4.81. The minimum absolute atomic E-state index is 0.429. The highest BCUT2D eigenvalue weighted by molar-refractivity contribution is 6.33. The van der Waals surface area contributed by atoms with Crippen LogP contribution in [-0.4, -0.2) is 24.2 Å². The number of halogens is 1. The summed E-state index contributed by atoms with van der Waals surface area (Å²) in [6.07, 6.45) is 9.41. The van der Waals surface area contributed by atoms with Gasteiger partial charge < -0.3 is 15.4 Å². The van der Waals surface area contributed by atoms with Gasteiger partial charge in [0.1, 0.15) is 0 Å². The molecule has 0 amide bonds. The van der Waals surface area contributed by atoms with Crippen molar-refractivity contribution in [2.24, 2.45) is 0 Å². The van der Waals surface area contributed by atoms with Crippen LogP contribution in [0.15, 0.2) is 30.5 Å². The number of ether oxygens (including phenoxy) is 1. The van der Waals surface area contributed by atoms with Crippen molar-refractivity contribution in [3.8, 4) is 0 Å². The fourth-order valence-corrected chi connectivity index (χ4v) is 4.27. The lowest BCUT2D eigenvalue weighted by Crippen LogP contribution is -2.16. The van der Waals surface area contributed by atoms with E-state index in [4.69, 9.17) is 16.3 Å². The molecule has 0 atom stereocenters. The Morgan fingerprint density at radius 3 is 2.78 bits per heavy atom. The van der Waals surface area contributed by atoms with Gasteiger partial charge in [-0.3, -0.25) is 4.98 Å². The molecule has 0 bridgehead atoms. The third-order valence-corrected chi connectivity index (χ3v) is 5.92. The normalized spacial score (nSPS) is 17.5. The molecule has 5 heteroatoms. The van der Waals surface area contributed by atoms with Crippen molar-refractivity contribution in [3.05, 3.63) is 57.9 Å². The highest BCUT2D eigenvalue weighted by Crippen LogP contribution is 2.31. The molecule has 4 rings (SSSR count). The molecule has 2 aromatic rings. The summed E-state index contributed by atoms with van der Waals surface area (Å²) in [6, 6.07) is 8.37. The highest BCUT2D eigenvalue weighted by atomic mass is 35.5. The lowest BCUT2D eigenvalue weighted by atomic mass is 10.0. The lowest BCUT2D eigenvalue weighted by molar-refractivity contribution is 0.0438. The van der Waals surface area contributed by atoms with Gasteiger partial charge in [-0.15, -0.1) is 0 Å². The molecule has 0 unspecified atom stereocenters. The van der Waals surface area contributed by atoms with Gasteiger partial charge in [0.2, 0.25) is 0 Å². The second-order valence-corrected chi connectivity index (χ2v) is 7.95. The van der Waals surface area contributed by atoms with Crippen molar-refractivity contribution in [2.45, 2.75) is 57.8 Å². The summed E-state index contributed by atoms with van der Waals surface area (Å²) in [7, 11) is 0. The van der Waals surface area contributed by atoms with Crippen LogP contribution in [0.2, 0.25) is 5.02 Å².